The zero-order valence-electron chi connectivity index (χ0n) is 15.8. The van der Waals surface area contributed by atoms with Crippen LogP contribution in [0.3, 0.4) is 0 Å². The van der Waals surface area contributed by atoms with Crippen molar-refractivity contribution < 1.29 is 23.1 Å². The van der Waals surface area contributed by atoms with Crippen LogP contribution in [0.5, 0.6) is 0 Å². The molecule has 0 unspecified atom stereocenters. The van der Waals surface area contributed by atoms with Crippen LogP contribution in [0.2, 0.25) is 0 Å². The van der Waals surface area contributed by atoms with Gasteiger partial charge < -0.3 is 15.0 Å². The molecule has 3 rings (SSSR count). The van der Waals surface area contributed by atoms with Crippen LogP contribution in [0.25, 0.3) is 0 Å². The maximum Gasteiger partial charge on any atom is 0.335 e. The molecule has 0 saturated heterocycles. The summed E-state index contributed by atoms with van der Waals surface area (Å²) in [5.74, 6) is -1.37. The summed E-state index contributed by atoms with van der Waals surface area (Å²) >= 11 is 1.11. The van der Waals surface area contributed by atoms with Crippen LogP contribution in [-0.4, -0.2) is 45.9 Å². The molecule has 1 heterocycles. The Labute approximate surface area is 177 Å². The summed E-state index contributed by atoms with van der Waals surface area (Å²) in [4.78, 5) is 23.2. The second kappa shape index (κ2) is 9.09. The second-order valence-electron chi connectivity index (χ2n) is 6.25. The Balaban J connectivity index is 1.60. The summed E-state index contributed by atoms with van der Waals surface area (Å²) < 4.78 is 26.6. The van der Waals surface area contributed by atoms with Crippen molar-refractivity contribution in [1.82, 2.24) is 14.8 Å². The number of carbonyl (C=O) groups excluding carboxylic acids is 1. The molecule has 9 nitrogen and oxygen atoms in total. The molecule has 0 atom stereocenters. The first-order valence-corrected chi connectivity index (χ1v) is 11.3. The van der Waals surface area contributed by atoms with Gasteiger partial charge in [0.1, 0.15) is 11.6 Å². The van der Waals surface area contributed by atoms with Crippen molar-refractivity contribution in [2.75, 3.05) is 11.1 Å². The highest BCUT2D eigenvalue weighted by molar-refractivity contribution is 7.99. The van der Waals surface area contributed by atoms with E-state index in [1.165, 1.54) is 36.4 Å². The third-order valence-electron chi connectivity index (χ3n) is 4.09. The van der Waals surface area contributed by atoms with Gasteiger partial charge in [-0.3, -0.25) is 4.79 Å². The van der Waals surface area contributed by atoms with Gasteiger partial charge in [-0.25, -0.2) is 13.2 Å². The summed E-state index contributed by atoms with van der Waals surface area (Å²) in [6.45, 7) is 0. The first kappa shape index (κ1) is 21.5. The summed E-state index contributed by atoms with van der Waals surface area (Å²) in [6.07, 6.45) is 0. The number of nitrogens with one attached hydrogen (secondary N) is 1. The molecule has 0 aliphatic carbocycles. The van der Waals surface area contributed by atoms with Crippen LogP contribution in [0.15, 0.2) is 64.6 Å². The Bertz CT molecular complexity index is 1160. The van der Waals surface area contributed by atoms with Gasteiger partial charge >= 0.3 is 5.97 Å². The zero-order chi connectivity index (χ0) is 21.7. The maximum absolute atomic E-state index is 12.5. The molecule has 0 bridgehead atoms. The Morgan fingerprint density at radius 2 is 1.73 bits per heavy atom. The number of rotatable bonds is 8. The lowest BCUT2D eigenvalue weighted by Crippen LogP contribution is -2.15. The van der Waals surface area contributed by atoms with Crippen molar-refractivity contribution in [3.05, 3.63) is 66.0 Å². The quantitative estimate of drug-likeness (QED) is 0.504. The minimum absolute atomic E-state index is 0.0259. The predicted molar refractivity (Wildman–Crippen MR) is 111 cm³/mol. The van der Waals surface area contributed by atoms with Gasteiger partial charge in [-0.2, -0.15) is 0 Å². The van der Waals surface area contributed by atoms with Crippen molar-refractivity contribution in [1.29, 1.82) is 0 Å². The van der Waals surface area contributed by atoms with E-state index in [9.17, 15) is 18.0 Å². The van der Waals surface area contributed by atoms with Gasteiger partial charge in [0.15, 0.2) is 15.0 Å². The van der Waals surface area contributed by atoms with Crippen molar-refractivity contribution in [3.8, 4) is 0 Å². The van der Waals surface area contributed by atoms with E-state index >= 15 is 0 Å². The third kappa shape index (κ3) is 5.24. The van der Waals surface area contributed by atoms with Crippen molar-refractivity contribution in [3.63, 3.8) is 0 Å². The largest absolute Gasteiger partial charge is 0.478 e. The third-order valence-corrected chi connectivity index (χ3v) is 6.74. The number of hydrogen-bond acceptors (Lipinski definition) is 7. The molecule has 1 amide bonds. The molecule has 0 aliphatic rings. The average Bonchev–Trinajstić information content (AvgIpc) is 3.06. The van der Waals surface area contributed by atoms with E-state index in [0.29, 0.717) is 10.8 Å². The molecule has 0 aliphatic heterocycles. The number of carboxylic acids is 1. The molecular formula is C19H18N4O5S2. The van der Waals surface area contributed by atoms with Crippen LogP contribution in [0.1, 0.15) is 16.2 Å². The van der Waals surface area contributed by atoms with Crippen LogP contribution in [0, 0.1) is 0 Å². The average molecular weight is 447 g/mol. The lowest BCUT2D eigenvalue weighted by Gasteiger charge is -2.07. The van der Waals surface area contributed by atoms with E-state index in [2.05, 4.69) is 15.5 Å². The van der Waals surface area contributed by atoms with E-state index in [-0.39, 0.29) is 33.7 Å². The minimum Gasteiger partial charge on any atom is -0.478 e. The lowest BCUT2D eigenvalue weighted by atomic mass is 10.2. The number of thioether (sulfide) groups is 1. The Morgan fingerprint density at radius 1 is 1.07 bits per heavy atom. The Kier molecular flexibility index (Phi) is 6.53. The highest BCUT2D eigenvalue weighted by Crippen LogP contribution is 2.20. The normalized spacial score (nSPS) is 11.2. The molecule has 11 heteroatoms. The lowest BCUT2D eigenvalue weighted by molar-refractivity contribution is -0.113. The number of amides is 1. The molecule has 3 aromatic rings. The summed E-state index contributed by atoms with van der Waals surface area (Å²) in [5.41, 5.74) is 0.595. The fraction of sp³-hybridized carbons (Fsp3) is 0.158. The van der Waals surface area contributed by atoms with Crippen LogP contribution >= 0.6 is 11.8 Å². The molecule has 1 aromatic heterocycles. The van der Waals surface area contributed by atoms with E-state index in [4.69, 9.17) is 5.11 Å². The van der Waals surface area contributed by atoms with E-state index in [1.807, 2.05) is 0 Å². The molecule has 156 valence electrons. The number of sulfone groups is 1. The summed E-state index contributed by atoms with van der Waals surface area (Å²) in [7, 11) is -1.92. The molecule has 0 radical (unpaired) electrons. The number of hydrogen-bond donors (Lipinski definition) is 2. The molecule has 0 saturated carbocycles. The van der Waals surface area contributed by atoms with Gasteiger partial charge in [-0.05, 0) is 36.4 Å². The smallest absolute Gasteiger partial charge is 0.335 e. The van der Waals surface area contributed by atoms with Gasteiger partial charge in [-0.1, -0.05) is 30.0 Å². The number of nitrogens with zero attached hydrogens (tertiary/aromatic N) is 3. The molecular weight excluding hydrogens is 428 g/mol. The first-order valence-electron chi connectivity index (χ1n) is 8.68. The molecule has 2 aromatic carbocycles. The molecule has 0 fully saturated rings. The van der Waals surface area contributed by atoms with Crippen molar-refractivity contribution in [2.24, 2.45) is 7.05 Å². The SMILES string of the molecule is Cn1c(CS(=O)(=O)c2ccccc2)nnc1SCC(=O)Nc1ccc(C(=O)O)cc1. The van der Waals surface area contributed by atoms with Crippen LogP contribution in [0.4, 0.5) is 5.69 Å². The van der Waals surface area contributed by atoms with E-state index < -0.39 is 15.8 Å². The zero-order valence-corrected chi connectivity index (χ0v) is 17.5. The van der Waals surface area contributed by atoms with Gasteiger partial charge in [0.2, 0.25) is 5.91 Å². The van der Waals surface area contributed by atoms with Gasteiger partial charge in [0.25, 0.3) is 0 Å². The maximum atomic E-state index is 12.5. The Hall–Kier alpha value is -3.18. The van der Waals surface area contributed by atoms with E-state index in [1.54, 1.807) is 29.8 Å². The monoisotopic (exact) mass is 446 g/mol. The fourth-order valence-corrected chi connectivity index (χ4v) is 4.56. The van der Waals surface area contributed by atoms with Crippen molar-refractivity contribution >= 4 is 39.2 Å². The number of aromatic carboxylic acids is 1. The number of benzene rings is 2. The first-order chi connectivity index (χ1) is 14.3. The number of anilines is 1. The highest BCUT2D eigenvalue weighted by Gasteiger charge is 2.20. The standard InChI is InChI=1S/C19H18N4O5S2/c1-23-16(12-30(27,28)15-5-3-2-4-6-15)21-22-19(23)29-11-17(24)20-14-9-7-13(8-10-14)18(25)26/h2-10H,11-12H2,1H3,(H,20,24)(H,25,26). The predicted octanol–water partition coefficient (Wildman–Crippen LogP) is 2.22. The number of carbonyl (C=O) groups is 2. The van der Waals surface area contributed by atoms with Gasteiger partial charge in [-0.15, -0.1) is 10.2 Å². The number of carboxylic acid groups (broad SMARTS) is 1. The highest BCUT2D eigenvalue weighted by atomic mass is 32.2. The molecule has 30 heavy (non-hydrogen) atoms. The summed E-state index contributed by atoms with van der Waals surface area (Å²) in [6, 6.07) is 13.9. The number of aromatic nitrogens is 3. The minimum atomic E-state index is -3.56. The molecule has 0 spiro atoms. The van der Waals surface area contributed by atoms with E-state index in [0.717, 1.165) is 11.8 Å². The summed E-state index contributed by atoms with van der Waals surface area (Å²) in [5, 5.41) is 19.9. The van der Waals surface area contributed by atoms with Gasteiger partial charge in [0.05, 0.1) is 16.2 Å². The topological polar surface area (TPSA) is 131 Å². The fourth-order valence-electron chi connectivity index (χ4n) is 2.50. The van der Waals surface area contributed by atoms with Crippen molar-refractivity contribution in [2.45, 2.75) is 15.8 Å². The van der Waals surface area contributed by atoms with Gasteiger partial charge in [0, 0.05) is 12.7 Å². The van der Waals surface area contributed by atoms with Crippen LogP contribution < -0.4 is 5.32 Å². The second-order valence-corrected chi connectivity index (χ2v) is 9.18. The van der Waals surface area contributed by atoms with Crippen LogP contribution in [-0.2, 0) is 27.4 Å². The Morgan fingerprint density at radius 3 is 2.37 bits per heavy atom. The molecule has 2 N–H and O–H groups in total.